The van der Waals surface area contributed by atoms with Crippen molar-refractivity contribution in [1.29, 1.82) is 0 Å². The molecule has 0 aromatic rings. The number of hydrogen-bond donors (Lipinski definition) is 2. The number of carbonyl (C=O) groups is 2. The van der Waals surface area contributed by atoms with Crippen LogP contribution in [0.15, 0.2) is 48.6 Å². The van der Waals surface area contributed by atoms with Crippen molar-refractivity contribution in [2.75, 3.05) is 6.61 Å². The molecule has 0 aliphatic rings. The van der Waals surface area contributed by atoms with Gasteiger partial charge in [-0.05, 0) is 51.4 Å². The molecule has 2 N–H and O–H groups in total. The second-order valence-electron chi connectivity index (χ2n) is 13.1. The van der Waals surface area contributed by atoms with Gasteiger partial charge in [-0.1, -0.05) is 165 Å². The molecule has 0 amide bonds. The van der Waals surface area contributed by atoms with Crippen LogP contribution in [-0.2, 0) is 14.1 Å². The summed E-state index contributed by atoms with van der Waals surface area (Å²) >= 11 is 0. The number of rotatable bonds is 35. The third kappa shape index (κ3) is 24.4. The maximum absolute atomic E-state index is 13.2. The van der Waals surface area contributed by atoms with Crippen LogP contribution in [0.1, 0.15) is 181 Å². The lowest BCUT2D eigenvalue weighted by molar-refractivity contribution is -0.160. The topological polar surface area (TPSA) is 83.8 Å². The monoisotopic (exact) mass is 677 g/mol. The molecule has 0 radical (unpaired) electrons. The molecule has 0 aliphatic heterocycles. The molecule has 0 aromatic carbocycles. The van der Waals surface area contributed by atoms with Crippen molar-refractivity contribution >= 4 is 21.0 Å². The van der Waals surface area contributed by atoms with Gasteiger partial charge in [0.1, 0.15) is 6.10 Å². The van der Waals surface area contributed by atoms with Crippen LogP contribution in [0, 0.1) is 0 Å². The smallest absolute Gasteiger partial charge is 0.215 e. The molecule has 5 nitrogen and oxygen atoms in total. The Kier molecular flexibility index (Phi) is 33.5. The fraction of sp³-hybridized carbons (Fsp3) is 0.756. The fourth-order valence-corrected chi connectivity index (χ4v) is 6.26. The number of carbonyl (C=O) groups excluding carboxylic acids is 2. The summed E-state index contributed by atoms with van der Waals surface area (Å²) in [5.74, 6) is -0.901. The van der Waals surface area contributed by atoms with Gasteiger partial charge < -0.3 is 14.7 Å². The lowest BCUT2D eigenvalue weighted by Crippen LogP contribution is -2.57. The Labute approximate surface area is 292 Å². The predicted molar refractivity (Wildman–Crippen MR) is 205 cm³/mol. The summed E-state index contributed by atoms with van der Waals surface area (Å²) in [5.41, 5.74) is -2.01. The van der Waals surface area contributed by atoms with Crippen LogP contribution in [-0.4, -0.2) is 40.1 Å². The molecule has 3 unspecified atom stereocenters. The minimum absolute atomic E-state index is 0.105. The molecule has 0 bridgehead atoms. The summed E-state index contributed by atoms with van der Waals surface area (Å²) in [6, 6.07) is 0. The highest BCUT2D eigenvalue weighted by molar-refractivity contribution is 7.10. The van der Waals surface area contributed by atoms with E-state index in [4.69, 9.17) is 4.52 Å². The van der Waals surface area contributed by atoms with Crippen molar-refractivity contribution in [3.05, 3.63) is 48.6 Å². The van der Waals surface area contributed by atoms with E-state index in [9.17, 15) is 19.8 Å². The molecule has 0 saturated heterocycles. The van der Waals surface area contributed by atoms with Gasteiger partial charge in [-0.15, -0.1) is 0 Å². The first-order valence-corrected chi connectivity index (χ1v) is 19.8. The molecular weight excluding hydrogens is 603 g/mol. The summed E-state index contributed by atoms with van der Waals surface area (Å²) < 4.78 is 5.34. The summed E-state index contributed by atoms with van der Waals surface area (Å²) in [6.45, 7) is 3.78. The fourth-order valence-electron chi connectivity index (χ4n) is 5.84. The number of hydrogen-bond acceptors (Lipinski definition) is 5. The number of allylic oxidation sites excluding steroid dienone is 8. The molecule has 0 spiro atoms. The zero-order valence-electron chi connectivity index (χ0n) is 30.5. The molecule has 272 valence electrons. The Bertz CT molecular complexity index is 849. The number of unbranched alkanes of at least 4 members (excludes halogenated alkanes) is 18. The summed E-state index contributed by atoms with van der Waals surface area (Å²) in [6.07, 6.45) is 43.5. The zero-order valence-corrected chi connectivity index (χ0v) is 31.6. The Morgan fingerprint density at radius 3 is 1.30 bits per heavy atom. The number of aliphatic hydroxyl groups excluding tert-OH is 2. The molecule has 6 heteroatoms. The summed E-state index contributed by atoms with van der Waals surface area (Å²) in [7, 11) is 1.98. The second kappa shape index (κ2) is 34.5. The highest BCUT2D eigenvalue weighted by Gasteiger charge is 2.50. The Hall–Kier alpha value is -1.39. The molecule has 3 atom stereocenters. The molecule has 0 fully saturated rings. The largest absolute Gasteiger partial charge is 0.394 e. The van der Waals surface area contributed by atoms with Gasteiger partial charge in [-0.2, -0.15) is 0 Å². The first-order valence-electron chi connectivity index (χ1n) is 19.3. The molecule has 47 heavy (non-hydrogen) atoms. The standard InChI is InChI=1S/C41H73O5P/c1-3-5-7-9-11-13-15-17-19-20-22-24-26-28-30-32-34-36-39(44)41(46-47,40(45)37-42)38(43)35-33-31-29-27-25-23-21-18-16-14-12-10-8-6-4-2/h11,13,17,19,22,24,28,30,40,42,45H,3-10,12,14-16,18,20-21,23,25-27,29,31-37,47H2,1-2H3/b13-11-,19-17-,24-22-,30-28-. The van der Waals surface area contributed by atoms with Gasteiger partial charge in [-0.25, -0.2) is 0 Å². The Morgan fingerprint density at radius 2 is 0.894 bits per heavy atom. The molecule has 0 aliphatic carbocycles. The summed E-state index contributed by atoms with van der Waals surface area (Å²) in [4.78, 5) is 26.4. The number of aliphatic hydroxyl groups is 2. The molecule has 0 heterocycles. The van der Waals surface area contributed by atoms with Gasteiger partial charge in [0.25, 0.3) is 0 Å². The predicted octanol–water partition coefficient (Wildman–Crippen LogP) is 11.4. The minimum Gasteiger partial charge on any atom is -0.394 e. The van der Waals surface area contributed by atoms with Crippen LogP contribution >= 0.6 is 9.47 Å². The third-order valence-electron chi connectivity index (χ3n) is 8.90. The van der Waals surface area contributed by atoms with Crippen LogP contribution in [0.5, 0.6) is 0 Å². The lowest BCUT2D eigenvalue weighted by atomic mass is 9.83. The van der Waals surface area contributed by atoms with E-state index in [0.717, 1.165) is 38.5 Å². The van der Waals surface area contributed by atoms with Crippen molar-refractivity contribution < 1.29 is 24.3 Å². The SMILES string of the molecule is CCCCC/C=C\C/C=C\C/C=C\C/C=C\CCCC(=O)C(OP)(C(=O)CCCCCCCCCCCCCCCCC)C(O)CO. The normalized spacial score (nSPS) is 14.2. The highest BCUT2D eigenvalue weighted by Crippen LogP contribution is 2.28. The van der Waals surface area contributed by atoms with Crippen LogP contribution in [0.4, 0.5) is 0 Å². The Morgan fingerprint density at radius 1 is 0.553 bits per heavy atom. The molecule has 0 aromatic heterocycles. The van der Waals surface area contributed by atoms with Gasteiger partial charge in [0.2, 0.25) is 5.60 Å². The van der Waals surface area contributed by atoms with E-state index in [1.807, 2.05) is 15.5 Å². The average molecular weight is 677 g/mol. The van der Waals surface area contributed by atoms with E-state index in [0.29, 0.717) is 19.3 Å². The maximum atomic E-state index is 13.2. The van der Waals surface area contributed by atoms with Crippen LogP contribution < -0.4 is 0 Å². The highest BCUT2D eigenvalue weighted by atomic mass is 31.0. The van der Waals surface area contributed by atoms with Crippen molar-refractivity contribution in [2.45, 2.75) is 192 Å². The van der Waals surface area contributed by atoms with Gasteiger partial charge in [-0.3, -0.25) is 9.59 Å². The minimum atomic E-state index is -2.01. The number of ketones is 2. The van der Waals surface area contributed by atoms with Crippen LogP contribution in [0.25, 0.3) is 0 Å². The second-order valence-corrected chi connectivity index (χ2v) is 13.3. The van der Waals surface area contributed by atoms with Gasteiger partial charge in [0.15, 0.2) is 11.6 Å². The molecule has 0 saturated carbocycles. The number of Topliss-reactive ketones (excluding diaryl/α,β-unsaturated/α-hetero) is 2. The third-order valence-corrected chi connectivity index (χ3v) is 9.27. The van der Waals surface area contributed by atoms with Crippen LogP contribution in [0.2, 0.25) is 0 Å². The van der Waals surface area contributed by atoms with Crippen molar-refractivity contribution in [3.63, 3.8) is 0 Å². The lowest BCUT2D eigenvalue weighted by Gasteiger charge is -2.33. The van der Waals surface area contributed by atoms with E-state index < -0.39 is 29.9 Å². The van der Waals surface area contributed by atoms with E-state index in [2.05, 4.69) is 56.4 Å². The Balaban J connectivity index is 4.23. The van der Waals surface area contributed by atoms with Crippen molar-refractivity contribution in [3.8, 4) is 0 Å². The van der Waals surface area contributed by atoms with Gasteiger partial charge in [0.05, 0.1) is 6.61 Å². The van der Waals surface area contributed by atoms with Gasteiger partial charge in [0, 0.05) is 22.3 Å². The van der Waals surface area contributed by atoms with E-state index >= 15 is 0 Å². The van der Waals surface area contributed by atoms with E-state index in [1.54, 1.807) is 0 Å². The first-order chi connectivity index (χ1) is 23.0. The van der Waals surface area contributed by atoms with E-state index in [1.165, 1.54) is 96.3 Å². The van der Waals surface area contributed by atoms with Crippen LogP contribution in [0.3, 0.4) is 0 Å². The molecule has 0 rings (SSSR count). The van der Waals surface area contributed by atoms with E-state index in [-0.39, 0.29) is 12.8 Å². The first kappa shape index (κ1) is 45.6. The van der Waals surface area contributed by atoms with Crippen molar-refractivity contribution in [2.24, 2.45) is 0 Å². The summed E-state index contributed by atoms with van der Waals surface area (Å²) in [5, 5.41) is 20.2. The molecular formula is C41H73O5P. The zero-order chi connectivity index (χ0) is 34.7. The van der Waals surface area contributed by atoms with Crippen molar-refractivity contribution in [1.82, 2.24) is 0 Å². The van der Waals surface area contributed by atoms with Gasteiger partial charge >= 0.3 is 0 Å². The maximum Gasteiger partial charge on any atom is 0.215 e. The quantitative estimate of drug-likeness (QED) is 0.0302. The average Bonchev–Trinajstić information content (AvgIpc) is 3.08.